The van der Waals surface area contributed by atoms with Gasteiger partial charge in [0.2, 0.25) is 0 Å². The summed E-state index contributed by atoms with van der Waals surface area (Å²) in [4.78, 5) is 0. The molecule has 0 saturated carbocycles. The van der Waals surface area contributed by atoms with Crippen molar-refractivity contribution in [3.8, 4) is 0 Å². The van der Waals surface area contributed by atoms with Crippen LogP contribution in [-0.4, -0.2) is 0 Å². The van der Waals surface area contributed by atoms with Crippen LogP contribution >= 0.6 is 34.5 Å². The number of hydrogen-bond acceptors (Lipinski definition) is 2. The molecule has 0 aliphatic heterocycles. The first kappa shape index (κ1) is 11.9. The van der Waals surface area contributed by atoms with Crippen molar-refractivity contribution >= 4 is 34.5 Å². The van der Waals surface area contributed by atoms with Gasteiger partial charge in [-0.3, -0.25) is 0 Å². The third kappa shape index (κ3) is 2.77. The smallest absolute Gasteiger partial charge is 0.0595 e. The summed E-state index contributed by atoms with van der Waals surface area (Å²) in [6.45, 7) is 0. The summed E-state index contributed by atoms with van der Waals surface area (Å²) < 4.78 is 0. The van der Waals surface area contributed by atoms with E-state index in [1.807, 2.05) is 23.6 Å². The summed E-state index contributed by atoms with van der Waals surface area (Å²) in [6, 6.07) is 7.70. The minimum absolute atomic E-state index is 0.0171. The largest absolute Gasteiger partial charge is 0.324 e. The molecule has 1 atom stereocenters. The van der Waals surface area contributed by atoms with Crippen molar-refractivity contribution in [2.45, 2.75) is 12.5 Å². The Morgan fingerprint density at radius 3 is 2.62 bits per heavy atom. The van der Waals surface area contributed by atoms with Crippen molar-refractivity contribution in [3.05, 3.63) is 56.2 Å². The molecule has 0 fully saturated rings. The van der Waals surface area contributed by atoms with E-state index in [4.69, 9.17) is 28.9 Å². The Bertz CT molecular complexity index is 468. The Balaban J connectivity index is 2.12. The standard InChI is InChI=1S/C12H11Cl2NS/c13-10-2-1-8(5-11(10)14)6-12(15)9-3-4-16-7-9/h1-5,7,12H,6,15H2. The first-order valence-corrected chi connectivity index (χ1v) is 6.58. The number of nitrogens with two attached hydrogens (primary N) is 1. The highest BCUT2D eigenvalue weighted by molar-refractivity contribution is 7.07. The highest BCUT2D eigenvalue weighted by Gasteiger charge is 2.08. The van der Waals surface area contributed by atoms with Gasteiger partial charge in [0, 0.05) is 6.04 Å². The van der Waals surface area contributed by atoms with Gasteiger partial charge in [-0.15, -0.1) is 0 Å². The molecule has 0 saturated heterocycles. The molecule has 2 rings (SSSR count). The van der Waals surface area contributed by atoms with E-state index in [-0.39, 0.29) is 6.04 Å². The molecule has 1 aromatic carbocycles. The summed E-state index contributed by atoms with van der Waals surface area (Å²) in [6.07, 6.45) is 0.771. The van der Waals surface area contributed by atoms with Crippen LogP contribution < -0.4 is 5.73 Å². The first-order chi connectivity index (χ1) is 7.66. The van der Waals surface area contributed by atoms with Crippen molar-refractivity contribution < 1.29 is 0 Å². The fourth-order valence-electron chi connectivity index (χ4n) is 1.52. The van der Waals surface area contributed by atoms with Gasteiger partial charge >= 0.3 is 0 Å². The van der Waals surface area contributed by atoms with Gasteiger partial charge in [0.25, 0.3) is 0 Å². The maximum atomic E-state index is 6.09. The minimum Gasteiger partial charge on any atom is -0.324 e. The lowest BCUT2D eigenvalue weighted by molar-refractivity contribution is 0.725. The van der Waals surface area contributed by atoms with Crippen molar-refractivity contribution in [2.24, 2.45) is 5.73 Å². The van der Waals surface area contributed by atoms with Crippen molar-refractivity contribution in [1.29, 1.82) is 0 Å². The average molecular weight is 272 g/mol. The average Bonchev–Trinajstić information content (AvgIpc) is 2.77. The second-order valence-electron chi connectivity index (χ2n) is 3.62. The first-order valence-electron chi connectivity index (χ1n) is 4.88. The SMILES string of the molecule is NC(Cc1ccc(Cl)c(Cl)c1)c1ccsc1. The van der Waals surface area contributed by atoms with E-state index in [1.54, 1.807) is 17.4 Å². The molecular weight excluding hydrogens is 261 g/mol. The topological polar surface area (TPSA) is 26.0 Å². The van der Waals surface area contributed by atoms with E-state index in [0.29, 0.717) is 10.0 Å². The van der Waals surface area contributed by atoms with Crippen LogP contribution in [0.3, 0.4) is 0 Å². The Morgan fingerprint density at radius 2 is 2.00 bits per heavy atom. The fraction of sp³-hybridized carbons (Fsp3) is 0.167. The Morgan fingerprint density at radius 1 is 1.19 bits per heavy atom. The van der Waals surface area contributed by atoms with Gasteiger partial charge in [-0.05, 0) is 46.5 Å². The molecule has 1 nitrogen and oxygen atoms in total. The van der Waals surface area contributed by atoms with Gasteiger partial charge in [-0.2, -0.15) is 11.3 Å². The number of halogens is 2. The molecule has 0 aliphatic rings. The summed E-state index contributed by atoms with van der Waals surface area (Å²) in [5.41, 5.74) is 8.36. The predicted molar refractivity (Wildman–Crippen MR) is 71.4 cm³/mol. The van der Waals surface area contributed by atoms with E-state index in [9.17, 15) is 0 Å². The lowest BCUT2D eigenvalue weighted by Gasteiger charge is -2.10. The predicted octanol–water partition coefficient (Wildman–Crippen LogP) is 4.30. The highest BCUT2D eigenvalue weighted by Crippen LogP contribution is 2.25. The molecule has 16 heavy (non-hydrogen) atoms. The third-order valence-corrected chi connectivity index (χ3v) is 3.85. The van der Waals surface area contributed by atoms with E-state index in [1.165, 1.54) is 0 Å². The highest BCUT2D eigenvalue weighted by atomic mass is 35.5. The van der Waals surface area contributed by atoms with Crippen LogP contribution in [0.4, 0.5) is 0 Å². The Hall–Kier alpha value is -0.540. The normalized spacial score (nSPS) is 12.7. The minimum atomic E-state index is 0.0171. The molecule has 1 unspecified atom stereocenters. The van der Waals surface area contributed by atoms with Crippen molar-refractivity contribution in [3.63, 3.8) is 0 Å². The van der Waals surface area contributed by atoms with E-state index >= 15 is 0 Å². The van der Waals surface area contributed by atoms with E-state index in [2.05, 4.69) is 5.38 Å². The lowest BCUT2D eigenvalue weighted by Crippen LogP contribution is -2.12. The van der Waals surface area contributed by atoms with Gasteiger partial charge in [0.15, 0.2) is 0 Å². The molecule has 0 spiro atoms. The second kappa shape index (κ2) is 5.19. The summed E-state index contributed by atoms with van der Waals surface area (Å²) >= 11 is 13.5. The monoisotopic (exact) mass is 271 g/mol. The molecule has 84 valence electrons. The molecule has 4 heteroatoms. The Labute approximate surface area is 109 Å². The van der Waals surface area contributed by atoms with Crippen LogP contribution in [0.1, 0.15) is 17.2 Å². The summed E-state index contributed by atoms with van der Waals surface area (Å²) in [7, 11) is 0. The fourth-order valence-corrected chi connectivity index (χ4v) is 2.57. The number of rotatable bonds is 3. The molecule has 2 N–H and O–H groups in total. The number of hydrogen-bond donors (Lipinski definition) is 1. The zero-order valence-corrected chi connectivity index (χ0v) is 10.8. The van der Waals surface area contributed by atoms with Crippen molar-refractivity contribution in [2.75, 3.05) is 0 Å². The van der Waals surface area contributed by atoms with Crippen LogP contribution in [0, 0.1) is 0 Å². The van der Waals surface area contributed by atoms with Gasteiger partial charge < -0.3 is 5.73 Å². The van der Waals surface area contributed by atoms with Gasteiger partial charge in [-0.1, -0.05) is 29.3 Å². The van der Waals surface area contributed by atoms with E-state index < -0.39 is 0 Å². The number of thiophene rings is 1. The van der Waals surface area contributed by atoms with Crippen molar-refractivity contribution in [1.82, 2.24) is 0 Å². The van der Waals surface area contributed by atoms with Gasteiger partial charge in [0.05, 0.1) is 10.0 Å². The summed E-state index contributed by atoms with van der Waals surface area (Å²) in [5.74, 6) is 0. The quantitative estimate of drug-likeness (QED) is 0.885. The maximum absolute atomic E-state index is 6.09. The molecular formula is C12H11Cl2NS. The zero-order valence-electron chi connectivity index (χ0n) is 8.49. The molecule has 0 amide bonds. The molecule has 0 aliphatic carbocycles. The van der Waals surface area contributed by atoms with Gasteiger partial charge in [0.1, 0.15) is 0 Å². The lowest BCUT2D eigenvalue weighted by atomic mass is 10.0. The van der Waals surface area contributed by atoms with Crippen LogP contribution in [-0.2, 0) is 6.42 Å². The molecule has 2 aromatic rings. The number of benzene rings is 1. The van der Waals surface area contributed by atoms with Crippen LogP contribution in [0.25, 0.3) is 0 Å². The van der Waals surface area contributed by atoms with Crippen LogP contribution in [0.15, 0.2) is 35.0 Å². The maximum Gasteiger partial charge on any atom is 0.0595 e. The molecule has 0 radical (unpaired) electrons. The van der Waals surface area contributed by atoms with Gasteiger partial charge in [-0.25, -0.2) is 0 Å². The third-order valence-electron chi connectivity index (χ3n) is 2.41. The molecule has 1 heterocycles. The van der Waals surface area contributed by atoms with Crippen LogP contribution in [0.2, 0.25) is 10.0 Å². The molecule has 1 aromatic heterocycles. The Kier molecular flexibility index (Phi) is 3.87. The second-order valence-corrected chi connectivity index (χ2v) is 5.21. The van der Waals surface area contributed by atoms with E-state index in [0.717, 1.165) is 17.5 Å². The summed E-state index contributed by atoms with van der Waals surface area (Å²) in [5, 5.41) is 5.26. The van der Waals surface area contributed by atoms with Crippen LogP contribution in [0.5, 0.6) is 0 Å². The molecule has 0 bridgehead atoms. The zero-order chi connectivity index (χ0) is 11.5.